The van der Waals surface area contributed by atoms with E-state index >= 15 is 0 Å². The van der Waals surface area contributed by atoms with Crippen LogP contribution in [-0.2, 0) is 20.6 Å². The third-order valence-electron chi connectivity index (χ3n) is 7.49. The molecule has 0 aromatic heterocycles. The summed E-state index contributed by atoms with van der Waals surface area (Å²) in [5.41, 5.74) is 0.104. The Hall–Kier alpha value is -5.00. The van der Waals surface area contributed by atoms with Crippen molar-refractivity contribution in [3.8, 4) is 0 Å². The Labute approximate surface area is 224 Å². The summed E-state index contributed by atoms with van der Waals surface area (Å²) in [6.45, 7) is 0. The Bertz CT molecular complexity index is 1620. The molecule has 0 radical (unpaired) electrons. The fourth-order valence-electron chi connectivity index (χ4n) is 5.85. The molecule has 0 unspecified atom stereocenters. The molecule has 6 rings (SSSR count). The number of nitrogens with zero attached hydrogens (tertiary/aromatic N) is 3. The minimum absolute atomic E-state index is 0.00169. The first kappa shape index (κ1) is 25.3. The van der Waals surface area contributed by atoms with Gasteiger partial charge < -0.3 is 10.2 Å². The molecule has 3 aliphatic rings. The lowest BCUT2D eigenvalue weighted by atomic mass is 9.84. The van der Waals surface area contributed by atoms with Crippen LogP contribution in [0.3, 0.4) is 0 Å². The van der Waals surface area contributed by atoms with Crippen molar-refractivity contribution in [2.45, 2.75) is 18.3 Å². The van der Waals surface area contributed by atoms with Crippen LogP contribution in [0.25, 0.3) is 6.08 Å². The van der Waals surface area contributed by atoms with Gasteiger partial charge in [0, 0.05) is 24.0 Å². The second kappa shape index (κ2) is 9.04. The van der Waals surface area contributed by atoms with Gasteiger partial charge in [-0.3, -0.25) is 24.5 Å². The lowest BCUT2D eigenvalue weighted by molar-refractivity contribution is -0.384. The number of hydrogen-bond acceptors (Lipinski definition) is 6. The summed E-state index contributed by atoms with van der Waals surface area (Å²) in [7, 11) is 0. The molecular formula is C28H19F3N4O5. The maximum atomic E-state index is 13.9. The van der Waals surface area contributed by atoms with E-state index in [1.54, 1.807) is 35.4 Å². The van der Waals surface area contributed by atoms with E-state index in [1.807, 2.05) is 6.07 Å². The second-order valence-corrected chi connectivity index (χ2v) is 9.69. The highest BCUT2D eigenvalue weighted by molar-refractivity contribution is 6.24. The lowest BCUT2D eigenvalue weighted by Gasteiger charge is -2.35. The fraction of sp³-hybridized carbons (Fsp3) is 0.179. The number of nitro benzene ring substituents is 1. The Morgan fingerprint density at radius 2 is 1.65 bits per heavy atom. The predicted octanol–water partition coefficient (Wildman–Crippen LogP) is 4.77. The van der Waals surface area contributed by atoms with E-state index in [2.05, 4.69) is 5.32 Å². The number of anilines is 2. The van der Waals surface area contributed by atoms with Gasteiger partial charge in [-0.25, -0.2) is 4.90 Å². The van der Waals surface area contributed by atoms with Crippen LogP contribution in [0.1, 0.15) is 22.7 Å². The summed E-state index contributed by atoms with van der Waals surface area (Å²) in [4.78, 5) is 54.5. The number of rotatable bonds is 4. The molecule has 0 aliphatic carbocycles. The number of fused-ring (bicyclic) bond motifs is 5. The molecule has 1 N–H and O–H groups in total. The van der Waals surface area contributed by atoms with Crippen molar-refractivity contribution in [1.82, 2.24) is 4.90 Å². The number of benzene rings is 3. The van der Waals surface area contributed by atoms with E-state index in [-0.39, 0.29) is 17.1 Å². The van der Waals surface area contributed by atoms with E-state index in [0.717, 1.165) is 34.7 Å². The summed E-state index contributed by atoms with van der Waals surface area (Å²) in [6.07, 6.45) is -1.28. The van der Waals surface area contributed by atoms with Gasteiger partial charge in [-0.15, -0.1) is 0 Å². The Morgan fingerprint density at radius 1 is 0.925 bits per heavy atom. The summed E-state index contributed by atoms with van der Waals surface area (Å²) in [6, 6.07) is 14.4. The number of imide groups is 1. The van der Waals surface area contributed by atoms with Crippen LogP contribution in [0.15, 0.2) is 79.0 Å². The van der Waals surface area contributed by atoms with Gasteiger partial charge in [0.2, 0.25) is 17.7 Å². The molecular weight excluding hydrogens is 529 g/mol. The molecule has 3 amide bonds. The smallest absolute Gasteiger partial charge is 0.357 e. The molecule has 2 fully saturated rings. The van der Waals surface area contributed by atoms with Crippen molar-refractivity contribution >= 4 is 40.9 Å². The van der Waals surface area contributed by atoms with Gasteiger partial charge >= 0.3 is 6.18 Å². The highest BCUT2D eigenvalue weighted by Gasteiger charge is 2.64. The van der Waals surface area contributed by atoms with Gasteiger partial charge in [0.25, 0.3) is 5.69 Å². The van der Waals surface area contributed by atoms with Gasteiger partial charge in [0.15, 0.2) is 0 Å². The van der Waals surface area contributed by atoms with Crippen molar-refractivity contribution in [3.63, 3.8) is 0 Å². The highest BCUT2D eigenvalue weighted by atomic mass is 19.4. The number of carbonyl (C=O) groups excluding carboxylic acids is 3. The first-order valence-corrected chi connectivity index (χ1v) is 12.2. The first-order chi connectivity index (χ1) is 19.1. The molecule has 3 aromatic carbocycles. The SMILES string of the molecule is O=C(Nc1cccc(C(F)(F)F)c1)[C@@H]1[C@@H]2C(=O)N(c3cccc([N+](=O)[O-])c3)C(=O)[C@H]2[C@@H]2c3ccccc3C=CN12. The van der Waals surface area contributed by atoms with Gasteiger partial charge in [-0.2, -0.15) is 13.2 Å². The molecule has 40 heavy (non-hydrogen) atoms. The number of carbonyl (C=O) groups is 3. The standard InChI is InChI=1S/C28H19F3N4O5/c29-28(30,31)16-6-3-7-17(13-16)32-25(36)24-22-21(23-20-10-2-1-5-15(20)11-12-33(23)24)26(37)34(27(22)38)18-8-4-9-19(14-18)35(39)40/h1-14,21-24H,(H,32,36)/t21-,22-,23+,24+/m1/s1. The summed E-state index contributed by atoms with van der Waals surface area (Å²) < 4.78 is 39.8. The number of halogens is 3. The van der Waals surface area contributed by atoms with Crippen LogP contribution in [0, 0.1) is 22.0 Å². The van der Waals surface area contributed by atoms with Gasteiger partial charge in [-0.05, 0) is 41.5 Å². The molecule has 0 bridgehead atoms. The third-order valence-corrected chi connectivity index (χ3v) is 7.49. The summed E-state index contributed by atoms with van der Waals surface area (Å²) in [5, 5.41) is 13.8. The number of amides is 3. The third kappa shape index (κ3) is 3.91. The van der Waals surface area contributed by atoms with Crippen LogP contribution in [0.2, 0.25) is 0 Å². The maximum Gasteiger partial charge on any atom is 0.416 e. The number of hydrogen-bond donors (Lipinski definition) is 1. The molecule has 202 valence electrons. The molecule has 3 heterocycles. The molecule has 0 saturated carbocycles. The molecule has 2 saturated heterocycles. The average molecular weight is 548 g/mol. The van der Waals surface area contributed by atoms with Gasteiger partial charge in [-0.1, -0.05) is 36.4 Å². The van der Waals surface area contributed by atoms with E-state index in [0.29, 0.717) is 5.56 Å². The van der Waals surface area contributed by atoms with Crippen LogP contribution >= 0.6 is 0 Å². The Kier molecular flexibility index (Phi) is 5.71. The zero-order valence-electron chi connectivity index (χ0n) is 20.4. The van der Waals surface area contributed by atoms with Crippen molar-refractivity contribution < 1.29 is 32.5 Å². The van der Waals surface area contributed by atoms with E-state index in [4.69, 9.17) is 0 Å². The van der Waals surface area contributed by atoms with E-state index < -0.39 is 58.3 Å². The highest BCUT2D eigenvalue weighted by Crippen LogP contribution is 2.53. The zero-order valence-corrected chi connectivity index (χ0v) is 20.4. The monoisotopic (exact) mass is 548 g/mol. The van der Waals surface area contributed by atoms with Crippen LogP contribution in [0.5, 0.6) is 0 Å². The largest absolute Gasteiger partial charge is 0.416 e. The van der Waals surface area contributed by atoms with E-state index in [1.165, 1.54) is 24.3 Å². The van der Waals surface area contributed by atoms with Crippen LogP contribution in [0.4, 0.5) is 30.2 Å². The Morgan fingerprint density at radius 3 is 2.40 bits per heavy atom. The molecule has 12 heteroatoms. The lowest BCUT2D eigenvalue weighted by Crippen LogP contribution is -2.46. The van der Waals surface area contributed by atoms with Crippen molar-refractivity contribution in [3.05, 3.63) is 106 Å². The van der Waals surface area contributed by atoms with Crippen LogP contribution < -0.4 is 10.2 Å². The fourth-order valence-corrected chi connectivity index (χ4v) is 5.85. The van der Waals surface area contributed by atoms with Crippen LogP contribution in [-0.4, -0.2) is 33.6 Å². The quantitative estimate of drug-likeness (QED) is 0.286. The minimum atomic E-state index is -4.63. The summed E-state index contributed by atoms with van der Waals surface area (Å²) in [5.74, 6) is -4.32. The number of nitro groups is 1. The number of non-ortho nitro benzene ring substituents is 1. The Balaban J connectivity index is 1.42. The summed E-state index contributed by atoms with van der Waals surface area (Å²) >= 11 is 0. The topological polar surface area (TPSA) is 113 Å². The van der Waals surface area contributed by atoms with E-state index in [9.17, 15) is 37.7 Å². The first-order valence-electron chi connectivity index (χ1n) is 12.2. The van der Waals surface area contributed by atoms with Crippen molar-refractivity contribution in [2.24, 2.45) is 11.8 Å². The zero-order chi connectivity index (χ0) is 28.3. The molecule has 0 spiro atoms. The predicted molar refractivity (Wildman–Crippen MR) is 136 cm³/mol. The normalized spacial score (nSPS) is 23.1. The number of nitrogens with one attached hydrogen (secondary N) is 1. The van der Waals surface area contributed by atoms with Gasteiger partial charge in [0.1, 0.15) is 6.04 Å². The molecule has 3 aliphatic heterocycles. The second-order valence-electron chi connectivity index (χ2n) is 9.69. The number of alkyl halides is 3. The molecule has 4 atom stereocenters. The molecule has 3 aromatic rings. The minimum Gasteiger partial charge on any atom is -0.357 e. The van der Waals surface area contributed by atoms with Crippen molar-refractivity contribution in [2.75, 3.05) is 10.2 Å². The molecule has 9 nitrogen and oxygen atoms in total. The van der Waals surface area contributed by atoms with Gasteiger partial charge in [0.05, 0.1) is 34.1 Å². The maximum absolute atomic E-state index is 13.9. The van der Waals surface area contributed by atoms with Crippen molar-refractivity contribution in [1.29, 1.82) is 0 Å². The average Bonchev–Trinajstić information content (AvgIpc) is 3.40.